The zero-order valence-electron chi connectivity index (χ0n) is 6.87. The molecule has 0 aromatic heterocycles. The van der Waals surface area contributed by atoms with Crippen molar-refractivity contribution in [1.82, 2.24) is 0 Å². The Morgan fingerprint density at radius 3 is 2.18 bits per heavy atom. The third-order valence-electron chi connectivity index (χ3n) is 0.994. The van der Waals surface area contributed by atoms with Crippen LogP contribution in [0.2, 0.25) is 0 Å². The second-order valence-electron chi connectivity index (χ2n) is 1.67. The molecule has 2 nitrogen and oxygen atoms in total. The van der Waals surface area contributed by atoms with Gasteiger partial charge in [-0.25, -0.2) is 0 Å². The van der Waals surface area contributed by atoms with Gasteiger partial charge >= 0.3 is 0 Å². The number of hydrogen-bond acceptors (Lipinski definition) is 3. The maximum absolute atomic E-state index is 4.50. The maximum Gasteiger partial charge on any atom is 0.0439 e. The van der Waals surface area contributed by atoms with Gasteiger partial charge in [0.2, 0.25) is 0 Å². The minimum absolute atomic E-state index is 1.16. The molecule has 3 N–H and O–H groups in total. The highest BCUT2D eigenvalue weighted by Crippen LogP contribution is 2.08. The first-order chi connectivity index (χ1) is 5.43. The summed E-state index contributed by atoms with van der Waals surface area (Å²) in [5, 5.41) is 0. The highest BCUT2D eigenvalue weighted by molar-refractivity contribution is 7.99. The van der Waals surface area contributed by atoms with E-state index in [2.05, 4.69) is 10.5 Å². The minimum Gasteiger partial charge on any atom is -0.333 e. The molecule has 0 atom stereocenters. The minimum atomic E-state index is 1.16. The van der Waals surface area contributed by atoms with Gasteiger partial charge in [0.25, 0.3) is 0 Å². The van der Waals surface area contributed by atoms with Crippen LogP contribution in [0.3, 0.4) is 0 Å². The smallest absolute Gasteiger partial charge is 0.0439 e. The number of nitrogens with one attached hydrogen (secondary N) is 1. The van der Waals surface area contributed by atoms with Crippen molar-refractivity contribution < 1.29 is 0 Å². The van der Waals surface area contributed by atoms with Crippen LogP contribution in [-0.2, 0) is 0 Å². The summed E-state index contributed by atoms with van der Waals surface area (Å²) >= 11 is 1.60. The number of nitrogens with two attached hydrogens (primary N) is 1. The van der Waals surface area contributed by atoms with Gasteiger partial charge in [-0.3, -0.25) is 0 Å². The first-order valence-electron chi connectivity index (χ1n) is 3.35. The SMILES string of the molecule is CN.CSNc1ccccc1. The number of para-hydroxylation sites is 1. The summed E-state index contributed by atoms with van der Waals surface area (Å²) in [6.45, 7) is 0. The number of rotatable bonds is 2. The molecule has 0 fully saturated rings. The summed E-state index contributed by atoms with van der Waals surface area (Å²) in [5.41, 5.74) is 5.66. The normalized spacial score (nSPS) is 7.91. The Hall–Kier alpha value is -0.670. The molecule has 1 rings (SSSR count). The lowest BCUT2D eigenvalue weighted by Gasteiger charge is -1.98. The van der Waals surface area contributed by atoms with Crippen LogP contribution in [-0.4, -0.2) is 13.3 Å². The molecule has 0 aliphatic carbocycles. The van der Waals surface area contributed by atoms with Gasteiger partial charge in [0, 0.05) is 11.9 Å². The van der Waals surface area contributed by atoms with Gasteiger partial charge in [-0.05, 0) is 19.2 Å². The standard InChI is InChI=1S/C7H9NS.CH5N/c1-9-8-7-5-3-2-4-6-7;1-2/h2-6,8H,1H3;2H2,1H3. The van der Waals surface area contributed by atoms with Crippen molar-refractivity contribution in [2.24, 2.45) is 5.73 Å². The second-order valence-corrected chi connectivity index (χ2v) is 2.28. The van der Waals surface area contributed by atoms with Crippen LogP contribution >= 0.6 is 11.9 Å². The molecule has 1 aromatic carbocycles. The Labute approximate surface area is 72.3 Å². The van der Waals surface area contributed by atoms with E-state index < -0.39 is 0 Å². The van der Waals surface area contributed by atoms with E-state index >= 15 is 0 Å². The van der Waals surface area contributed by atoms with Crippen LogP contribution in [0.25, 0.3) is 0 Å². The van der Waals surface area contributed by atoms with E-state index in [0.717, 1.165) is 5.69 Å². The van der Waals surface area contributed by atoms with E-state index in [1.54, 1.807) is 11.9 Å². The van der Waals surface area contributed by atoms with Gasteiger partial charge in [0.15, 0.2) is 0 Å². The van der Waals surface area contributed by atoms with Crippen molar-refractivity contribution in [3.63, 3.8) is 0 Å². The molecule has 62 valence electrons. The molecule has 1 aromatic rings. The third kappa shape index (κ3) is 4.70. The summed E-state index contributed by atoms with van der Waals surface area (Å²) in [6, 6.07) is 10.1. The Morgan fingerprint density at radius 2 is 1.73 bits per heavy atom. The van der Waals surface area contributed by atoms with E-state index in [1.165, 1.54) is 7.05 Å². The van der Waals surface area contributed by atoms with E-state index in [-0.39, 0.29) is 0 Å². The molecule has 0 heterocycles. The Kier molecular flexibility index (Phi) is 6.98. The Balaban J connectivity index is 0.000000461. The van der Waals surface area contributed by atoms with Crippen LogP contribution in [0.15, 0.2) is 30.3 Å². The molecule has 0 aliphatic rings. The molecule has 0 unspecified atom stereocenters. The largest absolute Gasteiger partial charge is 0.333 e. The lowest BCUT2D eigenvalue weighted by molar-refractivity contribution is 1.48. The summed E-state index contributed by atoms with van der Waals surface area (Å²) in [4.78, 5) is 0. The molecule has 0 saturated carbocycles. The highest BCUT2D eigenvalue weighted by atomic mass is 32.2. The summed E-state index contributed by atoms with van der Waals surface area (Å²) in [5.74, 6) is 0. The van der Waals surface area contributed by atoms with Crippen LogP contribution in [0.5, 0.6) is 0 Å². The van der Waals surface area contributed by atoms with Crippen molar-refractivity contribution in [1.29, 1.82) is 0 Å². The van der Waals surface area contributed by atoms with Crippen molar-refractivity contribution >= 4 is 17.6 Å². The summed E-state index contributed by atoms with van der Waals surface area (Å²) in [7, 11) is 1.50. The second kappa shape index (κ2) is 7.44. The fourth-order valence-electron chi connectivity index (χ4n) is 0.624. The van der Waals surface area contributed by atoms with Crippen molar-refractivity contribution in [3.05, 3.63) is 30.3 Å². The maximum atomic E-state index is 4.50. The average molecular weight is 170 g/mol. The topological polar surface area (TPSA) is 38.0 Å². The van der Waals surface area contributed by atoms with Gasteiger partial charge in [0.05, 0.1) is 0 Å². The van der Waals surface area contributed by atoms with E-state index in [9.17, 15) is 0 Å². The average Bonchev–Trinajstić information content (AvgIpc) is 2.11. The van der Waals surface area contributed by atoms with Crippen molar-refractivity contribution in [2.75, 3.05) is 18.0 Å². The van der Waals surface area contributed by atoms with Gasteiger partial charge in [-0.15, -0.1) is 0 Å². The molecule has 0 aliphatic heterocycles. The lowest BCUT2D eigenvalue weighted by atomic mass is 10.3. The first-order valence-corrected chi connectivity index (χ1v) is 4.58. The van der Waals surface area contributed by atoms with E-state index in [4.69, 9.17) is 0 Å². The van der Waals surface area contributed by atoms with Crippen molar-refractivity contribution in [3.8, 4) is 0 Å². The molecule has 0 saturated heterocycles. The Morgan fingerprint density at radius 1 is 1.18 bits per heavy atom. The molecule has 0 amide bonds. The predicted octanol–water partition coefficient (Wildman–Crippen LogP) is 1.95. The molecule has 0 spiro atoms. The molecule has 0 radical (unpaired) electrons. The summed E-state index contributed by atoms with van der Waals surface area (Å²) < 4.78 is 3.12. The number of benzene rings is 1. The fourth-order valence-corrected chi connectivity index (χ4v) is 0.996. The molecule has 0 bridgehead atoms. The molecule has 11 heavy (non-hydrogen) atoms. The third-order valence-corrected chi connectivity index (χ3v) is 1.43. The van der Waals surface area contributed by atoms with Crippen LogP contribution in [0.1, 0.15) is 0 Å². The molecule has 3 heteroatoms. The predicted molar refractivity (Wildman–Crippen MR) is 53.7 cm³/mol. The lowest BCUT2D eigenvalue weighted by Crippen LogP contribution is -1.81. The quantitative estimate of drug-likeness (QED) is 0.666. The first kappa shape index (κ1) is 10.3. The van der Waals surface area contributed by atoms with Gasteiger partial charge in [-0.1, -0.05) is 30.1 Å². The fraction of sp³-hybridized carbons (Fsp3) is 0.250. The molecular formula is C8H14N2S. The Bertz CT molecular complexity index is 165. The zero-order valence-corrected chi connectivity index (χ0v) is 7.69. The zero-order chi connectivity index (χ0) is 8.53. The summed E-state index contributed by atoms with van der Waals surface area (Å²) in [6.07, 6.45) is 2.01. The van der Waals surface area contributed by atoms with Crippen LogP contribution in [0, 0.1) is 0 Å². The van der Waals surface area contributed by atoms with Crippen LogP contribution in [0.4, 0.5) is 5.69 Å². The molecular weight excluding hydrogens is 156 g/mol. The highest BCUT2D eigenvalue weighted by Gasteiger charge is 1.82. The van der Waals surface area contributed by atoms with Crippen LogP contribution < -0.4 is 10.5 Å². The van der Waals surface area contributed by atoms with E-state index in [1.807, 2.05) is 36.6 Å². The number of anilines is 1. The van der Waals surface area contributed by atoms with Gasteiger partial charge in [-0.2, -0.15) is 0 Å². The van der Waals surface area contributed by atoms with E-state index in [0.29, 0.717) is 0 Å². The monoisotopic (exact) mass is 170 g/mol. The number of hydrogen-bond donors (Lipinski definition) is 2. The van der Waals surface area contributed by atoms with Crippen molar-refractivity contribution in [2.45, 2.75) is 0 Å². The van der Waals surface area contributed by atoms with Gasteiger partial charge in [0.1, 0.15) is 0 Å². The van der Waals surface area contributed by atoms with Gasteiger partial charge < -0.3 is 10.5 Å².